The molecule has 2 aromatic heterocycles. The monoisotopic (exact) mass is 683 g/mol. The predicted octanol–water partition coefficient (Wildman–Crippen LogP) is -3.41. The lowest BCUT2D eigenvalue weighted by Gasteiger charge is -2.46. The zero-order valence-corrected chi connectivity index (χ0v) is 24.1. The molecule has 2 aliphatic rings. The number of phosphoric acid groups is 3. The molecular weight excluding hydrogens is 655 g/mol. The van der Waals surface area contributed by atoms with Gasteiger partial charge in [-0.3, -0.25) is 18.1 Å². The lowest BCUT2D eigenvalue weighted by molar-refractivity contribution is -0.327. The maximum atomic E-state index is 11.8. The topological polar surface area (TPSA) is 358 Å². The van der Waals surface area contributed by atoms with Crippen LogP contribution in [0.3, 0.4) is 0 Å². The van der Waals surface area contributed by atoms with Crippen molar-refractivity contribution in [2.45, 2.75) is 61.7 Å². The summed E-state index contributed by atoms with van der Waals surface area (Å²) in [6.07, 6.45) is -14.6. The minimum absolute atomic E-state index is 0.0260. The molecule has 0 amide bonds. The Bertz CT molecular complexity index is 1410. The second-order valence-corrected chi connectivity index (χ2v) is 12.8. The molecule has 26 heteroatoms. The second-order valence-electron chi connectivity index (χ2n) is 9.21. The fraction of sp³-hybridized carbons (Fsp3) is 0.706. The maximum Gasteiger partial charge on any atom is 0.470 e. The molecule has 2 fully saturated rings. The van der Waals surface area contributed by atoms with Gasteiger partial charge in [0, 0.05) is 6.42 Å². The van der Waals surface area contributed by atoms with Gasteiger partial charge < -0.3 is 64.6 Å². The molecule has 2 aliphatic heterocycles. The van der Waals surface area contributed by atoms with Gasteiger partial charge >= 0.3 is 23.5 Å². The third-order valence-electron chi connectivity index (χ3n) is 6.25. The molecular formula is C17H28N5O18P3. The van der Waals surface area contributed by atoms with E-state index in [1.807, 2.05) is 0 Å². The first-order valence-electron chi connectivity index (χ1n) is 11.9. The lowest BCUT2D eigenvalue weighted by atomic mass is 9.98. The molecule has 2 aromatic rings. The molecule has 0 radical (unpaired) electrons. The van der Waals surface area contributed by atoms with E-state index in [1.54, 1.807) is 0 Å². The van der Waals surface area contributed by atoms with Crippen LogP contribution in [-0.4, -0.2) is 126 Å². The Labute approximate surface area is 239 Å². The number of imidazole rings is 1. The number of rotatable bonds is 11. The number of ether oxygens (including phenoxy) is 3. The Hall–Kier alpha value is -1.56. The van der Waals surface area contributed by atoms with Gasteiger partial charge in [-0.05, 0) is 0 Å². The maximum absolute atomic E-state index is 11.8. The van der Waals surface area contributed by atoms with E-state index in [-0.39, 0.29) is 17.0 Å². The molecule has 4 heterocycles. The number of aromatic nitrogens is 4. The third kappa shape index (κ3) is 8.38. The van der Waals surface area contributed by atoms with Crippen molar-refractivity contribution in [3.05, 3.63) is 12.7 Å². The number of nitrogen functional groups attached to an aromatic ring is 1. The van der Waals surface area contributed by atoms with Crippen LogP contribution < -0.4 is 5.73 Å². The fourth-order valence-corrected chi connectivity index (χ4v) is 6.30. The van der Waals surface area contributed by atoms with E-state index in [1.165, 1.54) is 4.57 Å². The Morgan fingerprint density at radius 3 is 2.05 bits per heavy atom. The summed E-state index contributed by atoms with van der Waals surface area (Å²) in [6, 6.07) is 0. The highest BCUT2D eigenvalue weighted by Gasteiger charge is 2.53. The highest BCUT2D eigenvalue weighted by atomic mass is 31.2. The van der Waals surface area contributed by atoms with Gasteiger partial charge in [-0.2, -0.15) is 0 Å². The number of hydrogen-bond acceptors (Lipinski definition) is 16. The number of anilines is 1. The molecule has 0 aliphatic carbocycles. The Balaban J connectivity index is 1.64. The predicted molar refractivity (Wildman–Crippen MR) is 133 cm³/mol. The van der Waals surface area contributed by atoms with Crippen molar-refractivity contribution in [2.24, 2.45) is 0 Å². The molecule has 0 saturated carbocycles. The van der Waals surface area contributed by atoms with Gasteiger partial charge in [0.15, 0.2) is 24.0 Å². The number of fused-ring (bicyclic) bond motifs is 1. The van der Waals surface area contributed by atoms with Crippen LogP contribution in [0.5, 0.6) is 0 Å². The van der Waals surface area contributed by atoms with Crippen LogP contribution in [0, 0.1) is 0 Å². The Morgan fingerprint density at radius 1 is 0.860 bits per heavy atom. The number of aliphatic hydroxyl groups excluding tert-OH is 3. The average Bonchev–Trinajstić information content (AvgIpc) is 3.31. The first-order valence-corrected chi connectivity index (χ1v) is 16.5. The van der Waals surface area contributed by atoms with E-state index in [9.17, 15) is 58.4 Å². The van der Waals surface area contributed by atoms with Gasteiger partial charge in [-0.1, -0.05) is 0 Å². The van der Waals surface area contributed by atoms with Gasteiger partial charge in [0.1, 0.15) is 48.5 Å². The molecule has 4 rings (SSSR count). The number of nitrogens with zero attached hydrogens (tertiary/aromatic N) is 4. The molecule has 0 bridgehead atoms. The molecule has 244 valence electrons. The van der Waals surface area contributed by atoms with E-state index in [4.69, 9.17) is 24.5 Å². The smallest absolute Gasteiger partial charge is 0.394 e. The SMILES string of the molecule is Nc1ncnc2c1ncn2[C@@H]1O[C@H](CO)C(OC2O[C@H](CO)[C@@H](OP(=O)(O)O)[C@H](OP(=O)(O)O)[C@H]2O)C[C@H]1OP(=O)(O)O. The van der Waals surface area contributed by atoms with Crippen LogP contribution in [0.4, 0.5) is 5.82 Å². The van der Waals surface area contributed by atoms with Crippen molar-refractivity contribution in [3.8, 4) is 0 Å². The number of aliphatic hydroxyl groups is 3. The van der Waals surface area contributed by atoms with Crippen LogP contribution in [-0.2, 0) is 41.5 Å². The van der Waals surface area contributed by atoms with Crippen LogP contribution in [0.2, 0.25) is 0 Å². The summed E-state index contributed by atoms with van der Waals surface area (Å²) >= 11 is 0. The van der Waals surface area contributed by atoms with Crippen molar-refractivity contribution in [3.63, 3.8) is 0 Å². The van der Waals surface area contributed by atoms with Crippen LogP contribution in [0.1, 0.15) is 12.6 Å². The van der Waals surface area contributed by atoms with Gasteiger partial charge in [-0.25, -0.2) is 28.6 Å². The summed E-state index contributed by atoms with van der Waals surface area (Å²) in [6.45, 7) is -1.90. The Morgan fingerprint density at radius 2 is 1.47 bits per heavy atom. The highest BCUT2D eigenvalue weighted by molar-refractivity contribution is 7.46. The minimum Gasteiger partial charge on any atom is -0.394 e. The summed E-state index contributed by atoms with van der Waals surface area (Å²) in [5, 5.41) is 30.7. The van der Waals surface area contributed by atoms with E-state index in [0.29, 0.717) is 0 Å². The largest absolute Gasteiger partial charge is 0.470 e. The Kier molecular flexibility index (Phi) is 10.4. The summed E-state index contributed by atoms with van der Waals surface area (Å²) in [5.74, 6) is -0.0260. The molecule has 23 nitrogen and oxygen atoms in total. The number of nitrogens with two attached hydrogens (primary N) is 1. The molecule has 0 spiro atoms. The zero-order chi connectivity index (χ0) is 31.9. The number of hydrogen-bond donors (Lipinski definition) is 10. The molecule has 2 saturated heterocycles. The van der Waals surface area contributed by atoms with Gasteiger partial charge in [-0.15, -0.1) is 0 Å². The van der Waals surface area contributed by atoms with Crippen LogP contribution in [0.25, 0.3) is 11.2 Å². The second kappa shape index (κ2) is 13.0. The van der Waals surface area contributed by atoms with E-state index < -0.39 is 98.3 Å². The molecule has 11 N–H and O–H groups in total. The lowest BCUT2D eigenvalue weighted by Crippen LogP contribution is -2.62. The molecule has 2 unspecified atom stereocenters. The van der Waals surface area contributed by atoms with Gasteiger partial charge in [0.2, 0.25) is 0 Å². The van der Waals surface area contributed by atoms with Gasteiger partial charge in [0.05, 0.1) is 25.6 Å². The van der Waals surface area contributed by atoms with Crippen molar-refractivity contribution in [1.82, 2.24) is 19.5 Å². The average molecular weight is 683 g/mol. The van der Waals surface area contributed by atoms with Crippen LogP contribution >= 0.6 is 23.5 Å². The normalized spacial score (nSPS) is 32.7. The number of phosphoric ester groups is 3. The highest BCUT2D eigenvalue weighted by Crippen LogP contribution is 2.48. The first kappa shape index (κ1) is 34.3. The summed E-state index contributed by atoms with van der Waals surface area (Å²) < 4.78 is 66.8. The van der Waals surface area contributed by atoms with Crippen molar-refractivity contribution in [2.75, 3.05) is 18.9 Å². The molecule has 9 atom stereocenters. The minimum atomic E-state index is -5.48. The summed E-state index contributed by atoms with van der Waals surface area (Å²) in [4.78, 5) is 68.1. The zero-order valence-electron chi connectivity index (χ0n) is 21.4. The standard InChI is InChI=1S/C17H28N5O18P3/c18-14-10-15(20-4-19-14)22(5-21-10)16-7(38-41(26,27)28)1-6(8(2-23)35-16)36-17-11(25)13(40-43(32,33)34)12(9(3-24)37-17)39-42(29,30)31/h4-9,11-13,16-17,23-25H,1-3H2,(H2,18,19,20)(H2,26,27,28)(H2,29,30,31)(H2,32,33,34)/t6?,7-,8-,9-,11-,12-,13-,16-,17?/m1/s1. The fourth-order valence-electron chi connectivity index (χ4n) is 4.62. The van der Waals surface area contributed by atoms with E-state index in [2.05, 4.69) is 24.0 Å². The van der Waals surface area contributed by atoms with E-state index in [0.717, 1.165) is 12.7 Å². The van der Waals surface area contributed by atoms with Gasteiger partial charge in [0.25, 0.3) is 0 Å². The first-order chi connectivity index (χ1) is 19.9. The third-order valence-corrected chi connectivity index (χ3v) is 7.83. The van der Waals surface area contributed by atoms with Crippen molar-refractivity contribution in [1.29, 1.82) is 0 Å². The quantitative estimate of drug-likeness (QED) is 0.103. The molecule has 43 heavy (non-hydrogen) atoms. The summed E-state index contributed by atoms with van der Waals surface area (Å²) in [5.41, 5.74) is 5.97. The van der Waals surface area contributed by atoms with Crippen molar-refractivity contribution >= 4 is 40.4 Å². The van der Waals surface area contributed by atoms with Crippen LogP contribution in [0.15, 0.2) is 12.7 Å². The summed E-state index contributed by atoms with van der Waals surface area (Å²) in [7, 11) is -16.1. The van der Waals surface area contributed by atoms with Crippen molar-refractivity contribution < 1.29 is 86.2 Å². The van der Waals surface area contributed by atoms with E-state index >= 15 is 0 Å². The molecule has 0 aromatic carbocycles.